The lowest BCUT2D eigenvalue weighted by atomic mass is 9.99. The fourth-order valence-electron chi connectivity index (χ4n) is 2.80. The van der Waals surface area contributed by atoms with Gasteiger partial charge in [-0.1, -0.05) is 18.2 Å². The zero-order valence-corrected chi connectivity index (χ0v) is 14.6. The molecule has 4 nitrogen and oxygen atoms in total. The van der Waals surface area contributed by atoms with E-state index in [-0.39, 0.29) is 11.5 Å². The van der Waals surface area contributed by atoms with E-state index < -0.39 is 0 Å². The van der Waals surface area contributed by atoms with E-state index in [0.717, 1.165) is 27.1 Å². The SMILES string of the molecule is CSc1ccc(NC(C)=O)c(-c2cn(C)c(=O)c3ccccc23)c1. The number of carbonyl (C=O) groups is 1. The molecule has 1 heterocycles. The van der Waals surface area contributed by atoms with Crippen LogP contribution in [0.25, 0.3) is 21.9 Å². The third-order valence-corrected chi connectivity index (χ3v) is 4.64. The molecule has 5 heteroatoms. The summed E-state index contributed by atoms with van der Waals surface area (Å²) in [6, 6.07) is 13.5. The van der Waals surface area contributed by atoms with Crippen molar-refractivity contribution in [2.45, 2.75) is 11.8 Å². The Labute approximate surface area is 144 Å². The summed E-state index contributed by atoms with van der Waals surface area (Å²) in [5.41, 5.74) is 2.54. The number of thioether (sulfide) groups is 1. The van der Waals surface area contributed by atoms with Gasteiger partial charge in [-0.25, -0.2) is 0 Å². The smallest absolute Gasteiger partial charge is 0.258 e. The monoisotopic (exact) mass is 338 g/mol. The second-order valence-electron chi connectivity index (χ2n) is 5.60. The van der Waals surface area contributed by atoms with E-state index in [1.165, 1.54) is 6.92 Å². The van der Waals surface area contributed by atoms with Crippen molar-refractivity contribution in [2.75, 3.05) is 11.6 Å². The van der Waals surface area contributed by atoms with E-state index in [2.05, 4.69) is 5.32 Å². The highest BCUT2D eigenvalue weighted by Gasteiger charge is 2.13. The van der Waals surface area contributed by atoms with Crippen LogP contribution in [0.5, 0.6) is 0 Å². The van der Waals surface area contributed by atoms with Crippen LogP contribution in [0.1, 0.15) is 6.92 Å². The summed E-state index contributed by atoms with van der Waals surface area (Å²) in [5, 5.41) is 4.43. The number of nitrogens with zero attached hydrogens (tertiary/aromatic N) is 1. The first-order valence-electron chi connectivity index (χ1n) is 7.55. The highest BCUT2D eigenvalue weighted by Crippen LogP contribution is 2.35. The van der Waals surface area contributed by atoms with Gasteiger partial charge in [0, 0.05) is 47.3 Å². The number of aryl methyl sites for hydroxylation is 1. The molecule has 0 radical (unpaired) electrons. The number of amides is 1. The molecule has 0 aliphatic heterocycles. The molecule has 1 aromatic heterocycles. The van der Waals surface area contributed by atoms with Gasteiger partial charge < -0.3 is 9.88 Å². The number of aromatic nitrogens is 1. The number of benzene rings is 2. The van der Waals surface area contributed by atoms with Crippen molar-refractivity contribution in [1.29, 1.82) is 0 Å². The normalized spacial score (nSPS) is 10.8. The average molecular weight is 338 g/mol. The number of carbonyl (C=O) groups excluding carboxylic acids is 1. The van der Waals surface area contributed by atoms with Crippen LogP contribution in [0.3, 0.4) is 0 Å². The molecule has 1 N–H and O–H groups in total. The van der Waals surface area contributed by atoms with Gasteiger partial charge in [-0.3, -0.25) is 9.59 Å². The van der Waals surface area contributed by atoms with Crippen molar-refractivity contribution in [3.63, 3.8) is 0 Å². The predicted octanol–water partition coefficient (Wildman–Crippen LogP) is 3.89. The Kier molecular flexibility index (Phi) is 4.44. The van der Waals surface area contributed by atoms with Gasteiger partial charge in [0.05, 0.1) is 0 Å². The van der Waals surface area contributed by atoms with Crippen LogP contribution in [0.15, 0.2) is 58.4 Å². The van der Waals surface area contributed by atoms with Crippen LogP contribution in [-0.4, -0.2) is 16.7 Å². The minimum absolute atomic E-state index is 0.0311. The van der Waals surface area contributed by atoms with Crippen molar-refractivity contribution >= 4 is 34.1 Å². The molecule has 0 unspecified atom stereocenters. The van der Waals surface area contributed by atoms with Gasteiger partial charge >= 0.3 is 0 Å². The Hall–Kier alpha value is -2.53. The minimum Gasteiger partial charge on any atom is -0.326 e. The molecule has 2 aromatic carbocycles. The minimum atomic E-state index is -0.123. The molecular formula is C19H18N2O2S. The van der Waals surface area contributed by atoms with Gasteiger partial charge in [-0.2, -0.15) is 0 Å². The van der Waals surface area contributed by atoms with Gasteiger partial charge in [-0.05, 0) is 35.9 Å². The molecule has 3 rings (SSSR count). The van der Waals surface area contributed by atoms with Crippen molar-refractivity contribution in [2.24, 2.45) is 7.05 Å². The summed E-state index contributed by atoms with van der Waals surface area (Å²) < 4.78 is 1.58. The van der Waals surface area contributed by atoms with Crippen molar-refractivity contribution in [3.05, 3.63) is 59.0 Å². The lowest BCUT2D eigenvalue weighted by Gasteiger charge is -2.15. The number of anilines is 1. The van der Waals surface area contributed by atoms with Crippen LogP contribution in [-0.2, 0) is 11.8 Å². The molecular weight excluding hydrogens is 320 g/mol. The Bertz CT molecular complexity index is 992. The fraction of sp³-hybridized carbons (Fsp3) is 0.158. The molecule has 0 aliphatic rings. The molecule has 122 valence electrons. The summed E-state index contributed by atoms with van der Waals surface area (Å²) >= 11 is 1.64. The lowest BCUT2D eigenvalue weighted by molar-refractivity contribution is -0.114. The van der Waals surface area contributed by atoms with Gasteiger partial charge in [0.1, 0.15) is 0 Å². The molecule has 0 aliphatic carbocycles. The number of pyridine rings is 1. The molecule has 0 saturated carbocycles. The largest absolute Gasteiger partial charge is 0.326 e. The third-order valence-electron chi connectivity index (χ3n) is 3.92. The second kappa shape index (κ2) is 6.53. The first-order chi connectivity index (χ1) is 11.5. The first kappa shape index (κ1) is 16.3. The van der Waals surface area contributed by atoms with Crippen molar-refractivity contribution < 1.29 is 4.79 Å². The van der Waals surface area contributed by atoms with E-state index in [1.807, 2.05) is 54.9 Å². The molecule has 0 spiro atoms. The van der Waals surface area contributed by atoms with E-state index >= 15 is 0 Å². The van der Waals surface area contributed by atoms with Crippen LogP contribution in [0.4, 0.5) is 5.69 Å². The highest BCUT2D eigenvalue weighted by atomic mass is 32.2. The Balaban J connectivity index is 2.36. The maximum atomic E-state index is 12.4. The van der Waals surface area contributed by atoms with Crippen LogP contribution < -0.4 is 10.9 Å². The van der Waals surface area contributed by atoms with E-state index in [0.29, 0.717) is 5.39 Å². The topological polar surface area (TPSA) is 51.1 Å². The van der Waals surface area contributed by atoms with Gasteiger partial charge in [0.25, 0.3) is 5.56 Å². The molecule has 24 heavy (non-hydrogen) atoms. The maximum absolute atomic E-state index is 12.4. The Morgan fingerprint density at radius 2 is 1.79 bits per heavy atom. The van der Waals surface area contributed by atoms with Gasteiger partial charge in [0.15, 0.2) is 0 Å². The van der Waals surface area contributed by atoms with E-state index in [9.17, 15) is 9.59 Å². The summed E-state index contributed by atoms with van der Waals surface area (Å²) in [5.74, 6) is -0.123. The molecule has 1 amide bonds. The number of fused-ring (bicyclic) bond motifs is 1. The first-order valence-corrected chi connectivity index (χ1v) is 8.78. The fourth-order valence-corrected chi connectivity index (χ4v) is 3.24. The van der Waals surface area contributed by atoms with Gasteiger partial charge in [0.2, 0.25) is 5.91 Å². The molecule has 0 fully saturated rings. The zero-order valence-electron chi connectivity index (χ0n) is 13.8. The number of nitrogens with one attached hydrogen (secondary N) is 1. The molecule has 0 bridgehead atoms. The summed E-state index contributed by atoms with van der Waals surface area (Å²) in [4.78, 5) is 25.0. The predicted molar refractivity (Wildman–Crippen MR) is 101 cm³/mol. The number of rotatable bonds is 3. The van der Waals surface area contributed by atoms with Crippen LogP contribution in [0, 0.1) is 0 Å². The Morgan fingerprint density at radius 3 is 2.46 bits per heavy atom. The summed E-state index contributed by atoms with van der Waals surface area (Å²) in [6.45, 7) is 1.49. The third kappa shape index (κ3) is 2.95. The Morgan fingerprint density at radius 1 is 1.08 bits per heavy atom. The highest BCUT2D eigenvalue weighted by molar-refractivity contribution is 7.98. The number of hydrogen-bond acceptors (Lipinski definition) is 3. The quantitative estimate of drug-likeness (QED) is 0.737. The van der Waals surface area contributed by atoms with Crippen LogP contribution in [0.2, 0.25) is 0 Å². The lowest BCUT2D eigenvalue weighted by Crippen LogP contribution is -2.16. The van der Waals surface area contributed by atoms with Crippen molar-refractivity contribution in [3.8, 4) is 11.1 Å². The van der Waals surface area contributed by atoms with E-state index in [4.69, 9.17) is 0 Å². The summed E-state index contributed by atoms with van der Waals surface area (Å²) in [7, 11) is 1.74. The summed E-state index contributed by atoms with van der Waals surface area (Å²) in [6.07, 6.45) is 3.84. The van der Waals surface area contributed by atoms with Crippen molar-refractivity contribution in [1.82, 2.24) is 4.57 Å². The van der Waals surface area contributed by atoms with Gasteiger partial charge in [-0.15, -0.1) is 11.8 Å². The maximum Gasteiger partial charge on any atom is 0.258 e. The van der Waals surface area contributed by atoms with E-state index in [1.54, 1.807) is 23.4 Å². The molecule has 3 aromatic rings. The second-order valence-corrected chi connectivity index (χ2v) is 6.48. The zero-order chi connectivity index (χ0) is 17.3. The molecule has 0 atom stereocenters. The number of hydrogen-bond donors (Lipinski definition) is 1. The molecule has 0 saturated heterocycles. The van der Waals surface area contributed by atoms with Crippen LogP contribution >= 0.6 is 11.8 Å². The standard InChI is InChI=1S/C19H18N2O2S/c1-12(22)20-18-9-8-13(24-3)10-16(18)17-11-21(2)19(23)15-7-5-4-6-14(15)17/h4-11H,1-3H3,(H,20,22). The average Bonchev–Trinajstić information content (AvgIpc) is 2.58.